The van der Waals surface area contributed by atoms with E-state index in [-0.39, 0.29) is 5.91 Å². The molecule has 0 atom stereocenters. The molecule has 0 radical (unpaired) electrons. The molecule has 1 aliphatic rings. The summed E-state index contributed by atoms with van der Waals surface area (Å²) >= 11 is 0. The summed E-state index contributed by atoms with van der Waals surface area (Å²) in [4.78, 5) is 23.4. The van der Waals surface area contributed by atoms with Crippen LogP contribution < -0.4 is 0 Å². The molecule has 3 aromatic rings. The second-order valence-corrected chi connectivity index (χ2v) is 6.91. The minimum Gasteiger partial charge on any atom is -0.337 e. The van der Waals surface area contributed by atoms with Crippen LogP contribution in [0.25, 0.3) is 11.4 Å². The van der Waals surface area contributed by atoms with Gasteiger partial charge in [-0.3, -0.25) is 14.5 Å². The van der Waals surface area contributed by atoms with E-state index in [1.54, 1.807) is 16.9 Å². The van der Waals surface area contributed by atoms with Gasteiger partial charge in [0.15, 0.2) is 0 Å². The number of hydrogen-bond acceptors (Lipinski definition) is 4. The molecule has 3 aromatic heterocycles. The third kappa shape index (κ3) is 3.37. The van der Waals surface area contributed by atoms with Crippen LogP contribution in [0.5, 0.6) is 0 Å². The number of imidazole rings is 1. The number of nitrogens with zero attached hydrogens (tertiary/aromatic N) is 6. The summed E-state index contributed by atoms with van der Waals surface area (Å²) < 4.78 is 4.08. The maximum atomic E-state index is 12.7. The molecule has 0 N–H and O–H groups in total. The molecule has 0 aliphatic carbocycles. The Balaban J connectivity index is 1.49. The van der Waals surface area contributed by atoms with Crippen LogP contribution in [0.2, 0.25) is 0 Å². The Morgan fingerprint density at radius 2 is 2.04 bits per heavy atom. The zero-order valence-electron chi connectivity index (χ0n) is 15.7. The minimum absolute atomic E-state index is 0.0236. The molecule has 7 nitrogen and oxygen atoms in total. The van der Waals surface area contributed by atoms with E-state index < -0.39 is 0 Å². The van der Waals surface area contributed by atoms with E-state index >= 15 is 0 Å². The summed E-state index contributed by atoms with van der Waals surface area (Å²) in [5.74, 6) is 0.975. The summed E-state index contributed by atoms with van der Waals surface area (Å²) in [5.41, 5.74) is 2.69. The first-order chi connectivity index (χ1) is 13.2. The second kappa shape index (κ2) is 7.34. The Labute approximate surface area is 158 Å². The van der Waals surface area contributed by atoms with Gasteiger partial charge in [0.2, 0.25) is 0 Å². The lowest BCUT2D eigenvalue weighted by Crippen LogP contribution is -2.39. The van der Waals surface area contributed by atoms with E-state index in [9.17, 15) is 4.79 Å². The molecule has 0 unspecified atom stereocenters. The highest BCUT2D eigenvalue weighted by molar-refractivity contribution is 5.92. The van der Waals surface area contributed by atoms with E-state index in [1.165, 1.54) is 0 Å². The Morgan fingerprint density at radius 1 is 1.22 bits per heavy atom. The van der Waals surface area contributed by atoms with Gasteiger partial charge in [-0.1, -0.05) is 0 Å². The molecule has 1 aliphatic heterocycles. The highest BCUT2D eigenvalue weighted by atomic mass is 16.2. The van der Waals surface area contributed by atoms with E-state index in [0.717, 1.165) is 49.6 Å². The van der Waals surface area contributed by atoms with Gasteiger partial charge >= 0.3 is 0 Å². The number of rotatable bonds is 4. The lowest BCUT2D eigenvalue weighted by molar-refractivity contribution is 0.0688. The fraction of sp³-hybridized carbons (Fsp3) is 0.400. The Hall–Kier alpha value is -2.96. The van der Waals surface area contributed by atoms with Gasteiger partial charge in [0, 0.05) is 61.7 Å². The Bertz CT molecular complexity index is 921. The number of hydrogen-bond donors (Lipinski definition) is 0. The number of piperidine rings is 1. The lowest BCUT2D eigenvalue weighted by Gasteiger charge is -2.33. The van der Waals surface area contributed by atoms with Crippen LogP contribution in [0.1, 0.15) is 42.0 Å². The van der Waals surface area contributed by atoms with Crippen LogP contribution in [0.4, 0.5) is 0 Å². The summed E-state index contributed by atoms with van der Waals surface area (Å²) in [6, 6.07) is 6.10. The fourth-order valence-electron chi connectivity index (χ4n) is 3.76. The monoisotopic (exact) mass is 364 g/mol. The molecule has 0 saturated carbocycles. The zero-order chi connectivity index (χ0) is 18.8. The summed E-state index contributed by atoms with van der Waals surface area (Å²) in [6.07, 6.45) is 9.20. The molecule has 0 spiro atoms. The predicted molar refractivity (Wildman–Crippen MR) is 102 cm³/mol. The van der Waals surface area contributed by atoms with Crippen molar-refractivity contribution < 1.29 is 4.79 Å². The van der Waals surface area contributed by atoms with Crippen molar-refractivity contribution in [3.63, 3.8) is 0 Å². The SMILES string of the molecule is CCn1ccc(C(=O)N2CCC(n3c(C)cnc3-c3cccnc3)CC2)n1. The van der Waals surface area contributed by atoms with Crippen molar-refractivity contribution in [1.29, 1.82) is 0 Å². The van der Waals surface area contributed by atoms with Crippen molar-refractivity contribution in [3.8, 4) is 11.4 Å². The number of carbonyl (C=O) groups excluding carboxylic acids is 1. The van der Waals surface area contributed by atoms with Gasteiger partial charge in [0.05, 0.1) is 0 Å². The van der Waals surface area contributed by atoms with Crippen molar-refractivity contribution in [2.75, 3.05) is 13.1 Å². The lowest BCUT2D eigenvalue weighted by atomic mass is 10.0. The molecule has 0 bridgehead atoms. The van der Waals surface area contributed by atoms with Gasteiger partial charge < -0.3 is 9.47 Å². The topological polar surface area (TPSA) is 68.8 Å². The van der Waals surface area contributed by atoms with E-state index in [0.29, 0.717) is 11.7 Å². The van der Waals surface area contributed by atoms with Crippen LogP contribution in [0.3, 0.4) is 0 Å². The van der Waals surface area contributed by atoms with Crippen molar-refractivity contribution in [1.82, 2.24) is 29.2 Å². The third-order valence-corrected chi connectivity index (χ3v) is 5.20. The first-order valence-electron chi connectivity index (χ1n) is 9.44. The van der Waals surface area contributed by atoms with Crippen molar-refractivity contribution >= 4 is 5.91 Å². The number of aromatic nitrogens is 5. The first kappa shape index (κ1) is 17.5. The summed E-state index contributed by atoms with van der Waals surface area (Å²) in [7, 11) is 0. The van der Waals surface area contributed by atoms with Gasteiger partial charge in [-0.05, 0) is 44.9 Å². The smallest absolute Gasteiger partial charge is 0.274 e. The normalized spacial score (nSPS) is 15.3. The van der Waals surface area contributed by atoms with Crippen molar-refractivity contribution in [2.45, 2.75) is 39.3 Å². The number of aryl methyl sites for hydroxylation is 2. The molecular weight excluding hydrogens is 340 g/mol. The minimum atomic E-state index is 0.0236. The van der Waals surface area contributed by atoms with Crippen molar-refractivity contribution in [3.05, 3.63) is 54.4 Å². The highest BCUT2D eigenvalue weighted by Gasteiger charge is 2.27. The highest BCUT2D eigenvalue weighted by Crippen LogP contribution is 2.30. The van der Waals surface area contributed by atoms with Crippen molar-refractivity contribution in [2.24, 2.45) is 0 Å². The summed E-state index contributed by atoms with van der Waals surface area (Å²) in [6.45, 7) is 6.33. The molecule has 1 fully saturated rings. The molecule has 140 valence electrons. The zero-order valence-corrected chi connectivity index (χ0v) is 15.7. The fourth-order valence-corrected chi connectivity index (χ4v) is 3.76. The quantitative estimate of drug-likeness (QED) is 0.714. The maximum Gasteiger partial charge on any atom is 0.274 e. The molecule has 1 saturated heterocycles. The van der Waals surface area contributed by atoms with Gasteiger partial charge in [0.25, 0.3) is 5.91 Å². The number of carbonyl (C=O) groups is 1. The molecule has 7 heteroatoms. The van der Waals surface area contributed by atoms with Crippen LogP contribution in [-0.4, -0.2) is 48.2 Å². The molecule has 0 aromatic carbocycles. The number of amides is 1. The Morgan fingerprint density at radius 3 is 2.70 bits per heavy atom. The van der Waals surface area contributed by atoms with Gasteiger partial charge in [-0.15, -0.1) is 0 Å². The Kier molecular flexibility index (Phi) is 4.75. The average molecular weight is 364 g/mol. The van der Waals surface area contributed by atoms with E-state index in [2.05, 4.69) is 26.6 Å². The standard InChI is InChI=1S/C20H24N6O/c1-3-25-12-8-18(23-25)20(27)24-10-6-17(7-11-24)26-15(2)13-22-19(26)16-5-4-9-21-14-16/h4-5,8-9,12-14,17H,3,6-7,10-11H2,1-2H3. The second-order valence-electron chi connectivity index (χ2n) is 6.91. The largest absolute Gasteiger partial charge is 0.337 e. The van der Waals surface area contributed by atoms with Gasteiger partial charge in [-0.2, -0.15) is 5.10 Å². The molecule has 4 rings (SSSR count). The number of likely N-dealkylation sites (tertiary alicyclic amines) is 1. The van der Waals surface area contributed by atoms with E-state index in [1.807, 2.05) is 42.5 Å². The van der Waals surface area contributed by atoms with Crippen LogP contribution in [-0.2, 0) is 6.54 Å². The first-order valence-corrected chi connectivity index (χ1v) is 9.44. The molecule has 4 heterocycles. The predicted octanol–water partition coefficient (Wildman–Crippen LogP) is 2.95. The molecule has 1 amide bonds. The molecular formula is C20H24N6O. The third-order valence-electron chi connectivity index (χ3n) is 5.20. The van der Waals surface area contributed by atoms with Crippen LogP contribution in [0.15, 0.2) is 43.0 Å². The number of pyridine rings is 1. The summed E-state index contributed by atoms with van der Waals surface area (Å²) in [5, 5.41) is 4.34. The van der Waals surface area contributed by atoms with Crippen LogP contribution in [0, 0.1) is 6.92 Å². The van der Waals surface area contributed by atoms with Gasteiger partial charge in [0.1, 0.15) is 11.5 Å². The van der Waals surface area contributed by atoms with Gasteiger partial charge in [-0.25, -0.2) is 4.98 Å². The van der Waals surface area contributed by atoms with E-state index in [4.69, 9.17) is 0 Å². The maximum absolute atomic E-state index is 12.7. The average Bonchev–Trinajstić information content (AvgIpc) is 3.35. The molecule has 27 heavy (non-hydrogen) atoms. The van der Waals surface area contributed by atoms with Crippen LogP contribution >= 0.6 is 0 Å².